The van der Waals surface area contributed by atoms with Gasteiger partial charge >= 0.3 is 11.9 Å². The van der Waals surface area contributed by atoms with Gasteiger partial charge in [0.05, 0.1) is 5.92 Å². The number of hydrogen-bond donors (Lipinski definition) is 0. The second kappa shape index (κ2) is 8.47. The number of rotatable bonds is 5. The van der Waals surface area contributed by atoms with Crippen molar-refractivity contribution in [1.29, 1.82) is 0 Å². The first kappa shape index (κ1) is 23.6. The van der Waals surface area contributed by atoms with Crippen LogP contribution in [-0.4, -0.2) is 24.1 Å². The van der Waals surface area contributed by atoms with E-state index in [1.54, 1.807) is 0 Å². The van der Waals surface area contributed by atoms with Gasteiger partial charge in [0.15, 0.2) is 6.61 Å². The van der Waals surface area contributed by atoms with Crippen LogP contribution in [0, 0.1) is 40.4 Å². The minimum Gasteiger partial charge on any atom is -0.457 e. The van der Waals surface area contributed by atoms with Gasteiger partial charge in [0.1, 0.15) is 5.60 Å². The van der Waals surface area contributed by atoms with Crippen molar-refractivity contribution >= 4 is 11.9 Å². The monoisotopic (exact) mass is 420 g/mol. The highest BCUT2D eigenvalue weighted by Gasteiger charge is 2.60. The van der Waals surface area contributed by atoms with Crippen molar-refractivity contribution in [3.05, 3.63) is 0 Å². The molecule has 3 fully saturated rings. The number of esters is 2. The van der Waals surface area contributed by atoms with Gasteiger partial charge in [0, 0.05) is 0 Å². The molecule has 3 saturated carbocycles. The Morgan fingerprint density at radius 3 is 2.03 bits per heavy atom. The second-order valence-corrected chi connectivity index (χ2v) is 12.5. The van der Waals surface area contributed by atoms with Crippen LogP contribution >= 0.6 is 0 Å². The Labute approximate surface area is 183 Å². The highest BCUT2D eigenvalue weighted by atomic mass is 16.6. The molecule has 30 heavy (non-hydrogen) atoms. The number of fused-ring (bicyclic) bond motifs is 2. The van der Waals surface area contributed by atoms with Crippen molar-refractivity contribution in [2.24, 2.45) is 40.4 Å². The topological polar surface area (TPSA) is 52.6 Å². The molecule has 3 aliphatic rings. The van der Waals surface area contributed by atoms with Crippen molar-refractivity contribution < 1.29 is 19.1 Å². The third-order valence-corrected chi connectivity index (χ3v) is 8.38. The molecule has 0 aromatic heterocycles. The van der Waals surface area contributed by atoms with Gasteiger partial charge in [-0.3, -0.25) is 4.79 Å². The van der Waals surface area contributed by atoms with Crippen molar-refractivity contribution in [3.8, 4) is 0 Å². The minimum absolute atomic E-state index is 0.0690. The summed E-state index contributed by atoms with van der Waals surface area (Å²) in [6.45, 7) is 15.8. The summed E-state index contributed by atoms with van der Waals surface area (Å²) in [7, 11) is 0. The highest BCUT2D eigenvalue weighted by molar-refractivity contribution is 5.78. The summed E-state index contributed by atoms with van der Waals surface area (Å²) < 4.78 is 11.4. The fourth-order valence-electron chi connectivity index (χ4n) is 7.29. The molecule has 4 heteroatoms. The van der Waals surface area contributed by atoms with Crippen LogP contribution in [0.1, 0.15) is 99.8 Å². The van der Waals surface area contributed by atoms with Crippen molar-refractivity contribution in [2.45, 2.75) is 105 Å². The molecule has 0 N–H and O–H groups in total. The standard InChI is InChI=1S/C26H44O4/c1-8-26(12-10-9-11-13-26)30-20(27)16-29-23(28)19-15-17-14-18(19)22(25(5,6)7)21(17)24(2,3)4/h17-19,21-22H,8-16H2,1-7H3. The predicted octanol–water partition coefficient (Wildman–Crippen LogP) is 6.17. The van der Waals surface area contributed by atoms with Crippen LogP contribution in [-0.2, 0) is 19.1 Å². The third kappa shape index (κ3) is 4.72. The van der Waals surface area contributed by atoms with Crippen LogP contribution in [0.3, 0.4) is 0 Å². The largest absolute Gasteiger partial charge is 0.457 e. The first-order valence-electron chi connectivity index (χ1n) is 12.3. The molecular weight excluding hydrogens is 376 g/mol. The maximum absolute atomic E-state index is 13.0. The summed E-state index contributed by atoms with van der Waals surface area (Å²) in [5.41, 5.74) is 0.0552. The van der Waals surface area contributed by atoms with Crippen molar-refractivity contribution in [1.82, 2.24) is 0 Å². The quantitative estimate of drug-likeness (QED) is 0.499. The predicted molar refractivity (Wildman–Crippen MR) is 119 cm³/mol. The molecule has 5 atom stereocenters. The van der Waals surface area contributed by atoms with E-state index in [-0.39, 0.29) is 40.9 Å². The van der Waals surface area contributed by atoms with Crippen LogP contribution in [0.2, 0.25) is 0 Å². The van der Waals surface area contributed by atoms with E-state index in [1.807, 2.05) is 0 Å². The summed E-state index contributed by atoms with van der Waals surface area (Å²) in [5.74, 6) is 1.45. The van der Waals surface area contributed by atoms with Crippen molar-refractivity contribution in [2.75, 3.05) is 6.61 Å². The molecule has 172 valence electrons. The van der Waals surface area contributed by atoms with E-state index in [9.17, 15) is 9.59 Å². The second-order valence-electron chi connectivity index (χ2n) is 12.5. The van der Waals surface area contributed by atoms with Gasteiger partial charge in [-0.2, -0.15) is 0 Å². The van der Waals surface area contributed by atoms with E-state index in [0.29, 0.717) is 23.7 Å². The normalized spacial score (nSPS) is 33.4. The molecule has 3 aliphatic carbocycles. The van der Waals surface area contributed by atoms with E-state index in [0.717, 1.165) is 44.9 Å². The van der Waals surface area contributed by atoms with Crippen LogP contribution in [0.4, 0.5) is 0 Å². The Hall–Kier alpha value is -1.06. The molecule has 0 aromatic rings. The molecule has 0 spiro atoms. The van der Waals surface area contributed by atoms with E-state index >= 15 is 0 Å². The number of carbonyl (C=O) groups excluding carboxylic acids is 2. The lowest BCUT2D eigenvalue weighted by molar-refractivity contribution is -0.176. The molecular formula is C26H44O4. The van der Waals surface area contributed by atoms with Crippen LogP contribution in [0.15, 0.2) is 0 Å². The molecule has 4 nitrogen and oxygen atoms in total. The lowest BCUT2D eigenvalue weighted by atomic mass is 9.57. The molecule has 0 aliphatic heterocycles. The van der Waals surface area contributed by atoms with Crippen LogP contribution in [0.5, 0.6) is 0 Å². The van der Waals surface area contributed by atoms with Crippen molar-refractivity contribution in [3.63, 3.8) is 0 Å². The van der Waals surface area contributed by atoms with Gasteiger partial charge in [-0.25, -0.2) is 4.79 Å². The Morgan fingerprint density at radius 2 is 1.50 bits per heavy atom. The molecule has 2 bridgehead atoms. The number of carbonyl (C=O) groups is 2. The number of hydrogen-bond acceptors (Lipinski definition) is 4. The Balaban J connectivity index is 1.60. The zero-order valence-corrected chi connectivity index (χ0v) is 20.4. The molecule has 5 unspecified atom stereocenters. The highest BCUT2D eigenvalue weighted by Crippen LogP contribution is 2.64. The average molecular weight is 421 g/mol. The van der Waals surface area contributed by atoms with E-state index < -0.39 is 0 Å². The Morgan fingerprint density at radius 1 is 0.900 bits per heavy atom. The van der Waals surface area contributed by atoms with Gasteiger partial charge in [-0.1, -0.05) is 54.9 Å². The molecule has 0 saturated heterocycles. The van der Waals surface area contributed by atoms with Gasteiger partial charge < -0.3 is 9.47 Å². The molecule has 3 rings (SSSR count). The van der Waals surface area contributed by atoms with Gasteiger partial charge in [0.2, 0.25) is 0 Å². The lowest BCUT2D eigenvalue weighted by Gasteiger charge is -2.48. The smallest absolute Gasteiger partial charge is 0.344 e. The van der Waals surface area contributed by atoms with Crippen LogP contribution < -0.4 is 0 Å². The molecule has 0 heterocycles. The maximum atomic E-state index is 13.0. The SMILES string of the molecule is CCC1(OC(=O)COC(=O)C2CC3CC2C(C(C)(C)C)C3C(C)(C)C)CCCCC1. The Kier molecular flexibility index (Phi) is 6.66. The zero-order chi connectivity index (χ0) is 22.3. The van der Waals surface area contributed by atoms with E-state index in [2.05, 4.69) is 48.5 Å². The first-order chi connectivity index (χ1) is 13.9. The molecule has 0 aromatic carbocycles. The van der Waals surface area contributed by atoms with Gasteiger partial charge in [-0.05, 0) is 79.4 Å². The third-order valence-electron chi connectivity index (χ3n) is 8.38. The van der Waals surface area contributed by atoms with Gasteiger partial charge in [-0.15, -0.1) is 0 Å². The average Bonchev–Trinajstić information content (AvgIpc) is 3.25. The molecule has 0 radical (unpaired) electrons. The fraction of sp³-hybridized carbons (Fsp3) is 0.923. The Bertz CT molecular complexity index is 632. The summed E-state index contributed by atoms with van der Waals surface area (Å²) >= 11 is 0. The minimum atomic E-state index is -0.379. The summed E-state index contributed by atoms with van der Waals surface area (Å²) in [4.78, 5) is 25.4. The zero-order valence-electron chi connectivity index (χ0n) is 20.4. The molecule has 0 amide bonds. The van der Waals surface area contributed by atoms with E-state index in [1.165, 1.54) is 6.42 Å². The summed E-state index contributed by atoms with van der Waals surface area (Å²) in [6.07, 6.45) is 8.14. The summed E-state index contributed by atoms with van der Waals surface area (Å²) in [6, 6.07) is 0. The number of ether oxygens (including phenoxy) is 2. The van der Waals surface area contributed by atoms with Crippen LogP contribution in [0.25, 0.3) is 0 Å². The van der Waals surface area contributed by atoms with Gasteiger partial charge in [0.25, 0.3) is 0 Å². The fourth-order valence-corrected chi connectivity index (χ4v) is 7.29. The lowest BCUT2D eigenvalue weighted by Crippen LogP contribution is -2.44. The first-order valence-corrected chi connectivity index (χ1v) is 12.3. The summed E-state index contributed by atoms with van der Waals surface area (Å²) in [5, 5.41) is 0. The maximum Gasteiger partial charge on any atom is 0.344 e. The van der Waals surface area contributed by atoms with E-state index in [4.69, 9.17) is 9.47 Å².